The normalized spacial score (nSPS) is 47.5. The van der Waals surface area contributed by atoms with Gasteiger partial charge in [0.1, 0.15) is 0 Å². The molecule has 70 valence electrons. The van der Waals surface area contributed by atoms with Crippen LogP contribution in [0.2, 0.25) is 0 Å². The van der Waals surface area contributed by atoms with Crippen molar-refractivity contribution in [2.75, 3.05) is 18.2 Å². The largest absolute Gasteiger partial charge is 0.346 e. The zero-order valence-corrected chi connectivity index (χ0v) is 8.66. The van der Waals surface area contributed by atoms with Crippen molar-refractivity contribution < 1.29 is 9.47 Å². The van der Waals surface area contributed by atoms with Crippen LogP contribution in [0.25, 0.3) is 0 Å². The number of hydrogen-bond donors (Lipinski definition) is 0. The highest BCUT2D eigenvalue weighted by molar-refractivity contribution is 8.00. The molecule has 2 aliphatic rings. The van der Waals surface area contributed by atoms with Gasteiger partial charge in [-0.1, -0.05) is 0 Å². The minimum Gasteiger partial charge on any atom is -0.346 e. The van der Waals surface area contributed by atoms with Gasteiger partial charge < -0.3 is 9.47 Å². The molecule has 0 aliphatic carbocycles. The van der Waals surface area contributed by atoms with Crippen molar-refractivity contribution in [3.63, 3.8) is 0 Å². The van der Waals surface area contributed by atoms with Crippen LogP contribution in [0.4, 0.5) is 0 Å². The lowest BCUT2D eigenvalue weighted by Gasteiger charge is -2.26. The first-order valence-corrected chi connectivity index (χ1v) is 5.84. The average molecular weight is 209 g/mol. The van der Waals surface area contributed by atoms with Crippen LogP contribution in [0, 0.1) is 0 Å². The summed E-state index contributed by atoms with van der Waals surface area (Å²) in [7, 11) is 0. The molecule has 0 N–H and O–H groups in total. The van der Waals surface area contributed by atoms with Gasteiger partial charge >= 0.3 is 0 Å². The molecule has 2 saturated heterocycles. The molecule has 0 aromatic rings. The second-order valence-electron chi connectivity index (χ2n) is 3.28. The maximum atomic E-state index is 5.80. The third kappa shape index (κ3) is 1.37. The van der Waals surface area contributed by atoms with Crippen LogP contribution in [0.3, 0.4) is 0 Å². The third-order valence-electron chi connectivity index (χ3n) is 2.49. The minimum atomic E-state index is -0.301. The Morgan fingerprint density at radius 1 is 1.67 bits per heavy atom. The molecule has 12 heavy (non-hydrogen) atoms. The van der Waals surface area contributed by atoms with E-state index in [1.54, 1.807) is 0 Å². The van der Waals surface area contributed by atoms with Gasteiger partial charge in [0.25, 0.3) is 0 Å². The van der Waals surface area contributed by atoms with Crippen LogP contribution in [0.15, 0.2) is 0 Å². The molecule has 0 saturated carbocycles. The quantitative estimate of drug-likeness (QED) is 0.613. The van der Waals surface area contributed by atoms with E-state index in [0.29, 0.717) is 17.7 Å². The van der Waals surface area contributed by atoms with E-state index in [9.17, 15) is 0 Å². The van der Waals surface area contributed by atoms with Gasteiger partial charge in [-0.3, -0.25) is 0 Å². The summed E-state index contributed by atoms with van der Waals surface area (Å²) in [6, 6.07) is 0. The topological polar surface area (TPSA) is 18.5 Å². The predicted molar refractivity (Wildman–Crippen MR) is 50.8 cm³/mol. The monoisotopic (exact) mass is 208 g/mol. The molecule has 3 unspecified atom stereocenters. The lowest BCUT2D eigenvalue weighted by molar-refractivity contribution is -0.159. The SMILES string of the molecule is CC1SCCC12OCC(CCl)O2. The fourth-order valence-electron chi connectivity index (χ4n) is 1.71. The van der Waals surface area contributed by atoms with E-state index < -0.39 is 0 Å². The molecule has 0 radical (unpaired) electrons. The maximum absolute atomic E-state index is 5.80. The van der Waals surface area contributed by atoms with E-state index in [1.165, 1.54) is 0 Å². The van der Waals surface area contributed by atoms with Gasteiger partial charge in [-0.25, -0.2) is 0 Å². The lowest BCUT2D eigenvalue weighted by atomic mass is 10.1. The molecule has 3 atom stereocenters. The smallest absolute Gasteiger partial charge is 0.181 e. The number of rotatable bonds is 1. The first-order valence-electron chi connectivity index (χ1n) is 4.26. The minimum absolute atomic E-state index is 0.104. The fraction of sp³-hybridized carbons (Fsp3) is 1.00. The molecule has 0 amide bonds. The van der Waals surface area contributed by atoms with Crippen molar-refractivity contribution in [3.05, 3.63) is 0 Å². The van der Waals surface area contributed by atoms with Crippen molar-refractivity contribution in [3.8, 4) is 0 Å². The van der Waals surface area contributed by atoms with Gasteiger partial charge in [-0.05, 0) is 12.7 Å². The van der Waals surface area contributed by atoms with Gasteiger partial charge in [-0.2, -0.15) is 11.8 Å². The lowest BCUT2D eigenvalue weighted by Crippen LogP contribution is -2.36. The number of alkyl halides is 1. The summed E-state index contributed by atoms with van der Waals surface area (Å²) < 4.78 is 11.5. The number of thioether (sulfide) groups is 1. The van der Waals surface area contributed by atoms with Crippen LogP contribution < -0.4 is 0 Å². The molecular formula is C8H13ClO2S. The van der Waals surface area contributed by atoms with E-state index in [4.69, 9.17) is 21.1 Å². The highest BCUT2D eigenvalue weighted by Gasteiger charge is 2.49. The highest BCUT2D eigenvalue weighted by Crippen LogP contribution is 2.43. The molecule has 2 heterocycles. The van der Waals surface area contributed by atoms with Crippen LogP contribution in [0.1, 0.15) is 13.3 Å². The molecule has 4 heteroatoms. The van der Waals surface area contributed by atoms with Crippen LogP contribution in [-0.2, 0) is 9.47 Å². The Morgan fingerprint density at radius 2 is 2.50 bits per heavy atom. The van der Waals surface area contributed by atoms with E-state index in [1.807, 2.05) is 11.8 Å². The highest BCUT2D eigenvalue weighted by atomic mass is 35.5. The Bertz CT molecular complexity index is 178. The molecule has 0 bridgehead atoms. The second-order valence-corrected chi connectivity index (χ2v) is 5.04. The maximum Gasteiger partial charge on any atom is 0.181 e. The zero-order valence-electron chi connectivity index (χ0n) is 7.09. The standard InChI is InChI=1S/C8H13ClO2S/c1-6-8(2-3-12-6)10-5-7(4-9)11-8/h6-7H,2-5H2,1H3. The van der Waals surface area contributed by atoms with E-state index in [0.717, 1.165) is 12.2 Å². The second kappa shape index (κ2) is 3.37. The van der Waals surface area contributed by atoms with Crippen molar-refractivity contribution >= 4 is 23.4 Å². The average Bonchev–Trinajstić information content (AvgIpc) is 2.63. The molecule has 0 aromatic heterocycles. The summed E-state index contributed by atoms with van der Waals surface area (Å²) in [5.74, 6) is 1.37. The number of hydrogen-bond acceptors (Lipinski definition) is 3. The summed E-state index contributed by atoms with van der Waals surface area (Å²) in [5.41, 5.74) is 0. The van der Waals surface area contributed by atoms with Gasteiger partial charge in [0.15, 0.2) is 5.79 Å². The summed E-state index contributed by atoms with van der Waals surface area (Å²) in [6.45, 7) is 2.82. The van der Waals surface area contributed by atoms with Crippen molar-refractivity contribution in [2.24, 2.45) is 0 Å². The van der Waals surface area contributed by atoms with E-state index in [-0.39, 0.29) is 11.9 Å². The zero-order chi connectivity index (χ0) is 8.60. The van der Waals surface area contributed by atoms with E-state index in [2.05, 4.69) is 6.92 Å². The molecule has 2 rings (SSSR count). The molecule has 2 fully saturated rings. The Hall–Kier alpha value is 0.560. The first kappa shape index (κ1) is 9.13. The fourth-order valence-corrected chi connectivity index (χ4v) is 3.12. The van der Waals surface area contributed by atoms with Gasteiger partial charge in [-0.15, -0.1) is 11.6 Å². The van der Waals surface area contributed by atoms with Gasteiger partial charge in [0, 0.05) is 6.42 Å². The van der Waals surface area contributed by atoms with Crippen LogP contribution in [0.5, 0.6) is 0 Å². The first-order chi connectivity index (χ1) is 5.77. The molecule has 2 nitrogen and oxygen atoms in total. The summed E-state index contributed by atoms with van der Waals surface area (Å²) in [6.07, 6.45) is 1.11. The van der Waals surface area contributed by atoms with Gasteiger partial charge in [0.2, 0.25) is 0 Å². The Morgan fingerprint density at radius 3 is 3.00 bits per heavy atom. The molecular weight excluding hydrogens is 196 g/mol. The van der Waals surface area contributed by atoms with Crippen LogP contribution in [-0.4, -0.2) is 35.4 Å². The van der Waals surface area contributed by atoms with Crippen LogP contribution >= 0.6 is 23.4 Å². The summed E-state index contributed by atoms with van der Waals surface area (Å²) in [4.78, 5) is 0. The summed E-state index contributed by atoms with van der Waals surface area (Å²) >= 11 is 7.62. The Labute approximate surface area is 81.9 Å². The van der Waals surface area contributed by atoms with E-state index >= 15 is 0 Å². The number of ether oxygens (including phenoxy) is 2. The predicted octanol–water partition coefficient (Wildman–Crippen LogP) is 1.86. The van der Waals surface area contributed by atoms with Crippen molar-refractivity contribution in [2.45, 2.75) is 30.5 Å². The summed E-state index contributed by atoms with van der Waals surface area (Å²) in [5, 5.41) is 0.450. The van der Waals surface area contributed by atoms with Gasteiger partial charge in [0.05, 0.1) is 23.8 Å². The molecule has 1 spiro atoms. The third-order valence-corrected chi connectivity index (χ3v) is 4.13. The Kier molecular flexibility index (Phi) is 2.56. The number of halogens is 1. The van der Waals surface area contributed by atoms with Crippen molar-refractivity contribution in [1.29, 1.82) is 0 Å². The molecule has 2 aliphatic heterocycles. The van der Waals surface area contributed by atoms with Crippen molar-refractivity contribution in [1.82, 2.24) is 0 Å². The Balaban J connectivity index is 2.04. The molecule has 0 aromatic carbocycles.